The summed E-state index contributed by atoms with van der Waals surface area (Å²) in [6, 6.07) is 17.0. The van der Waals surface area contributed by atoms with E-state index in [1.54, 1.807) is 0 Å². The normalized spacial score (nSPS) is 16.6. The number of aryl methyl sites for hydroxylation is 2. The van der Waals surface area contributed by atoms with Gasteiger partial charge in [0.15, 0.2) is 0 Å². The van der Waals surface area contributed by atoms with Gasteiger partial charge in [0.25, 0.3) is 0 Å². The number of amides is 1. The molecular formula is C27H24N4OS2. The van der Waals surface area contributed by atoms with Gasteiger partial charge in [-0.2, -0.15) is 10.5 Å². The maximum absolute atomic E-state index is 12.8. The summed E-state index contributed by atoms with van der Waals surface area (Å²) >= 11 is 2.82. The van der Waals surface area contributed by atoms with Gasteiger partial charge >= 0.3 is 0 Å². The number of thiophene rings is 1. The summed E-state index contributed by atoms with van der Waals surface area (Å²) in [5.74, 6) is 0.418. The molecule has 0 unspecified atom stereocenters. The zero-order valence-corrected chi connectivity index (χ0v) is 20.4. The Bertz CT molecular complexity index is 1320. The Morgan fingerprint density at radius 1 is 1.15 bits per heavy atom. The lowest BCUT2D eigenvalue weighted by atomic mass is 9.83. The summed E-state index contributed by atoms with van der Waals surface area (Å²) in [6.07, 6.45) is 6.89. The number of hydrogen-bond acceptors (Lipinski definition) is 6. The molecule has 0 spiro atoms. The molecule has 2 aliphatic carbocycles. The number of nitrogens with one attached hydrogen (secondary N) is 1. The Kier molecular flexibility index (Phi) is 6.67. The second kappa shape index (κ2) is 10.0. The van der Waals surface area contributed by atoms with Gasteiger partial charge in [0.1, 0.15) is 22.2 Å². The van der Waals surface area contributed by atoms with Gasteiger partial charge in [-0.05, 0) is 73.6 Å². The van der Waals surface area contributed by atoms with Gasteiger partial charge in [0, 0.05) is 10.6 Å². The lowest BCUT2D eigenvalue weighted by molar-refractivity contribution is -0.113. The van der Waals surface area contributed by atoms with Gasteiger partial charge in [-0.15, -0.1) is 11.3 Å². The number of nitriles is 2. The van der Waals surface area contributed by atoms with E-state index in [2.05, 4.69) is 41.7 Å². The molecule has 5 nitrogen and oxygen atoms in total. The van der Waals surface area contributed by atoms with E-state index >= 15 is 0 Å². The molecule has 34 heavy (non-hydrogen) atoms. The summed E-state index contributed by atoms with van der Waals surface area (Å²) in [5.41, 5.74) is 5.77. The van der Waals surface area contributed by atoms with Gasteiger partial charge in [0.05, 0.1) is 16.9 Å². The summed E-state index contributed by atoms with van der Waals surface area (Å²) in [5, 5.41) is 23.6. The summed E-state index contributed by atoms with van der Waals surface area (Å²) < 4.78 is 0. The van der Waals surface area contributed by atoms with Crippen LogP contribution >= 0.6 is 23.1 Å². The molecule has 7 heteroatoms. The third-order valence-electron chi connectivity index (χ3n) is 6.63. The highest BCUT2D eigenvalue weighted by Gasteiger charge is 2.27. The lowest BCUT2D eigenvalue weighted by Gasteiger charge is -2.22. The maximum Gasteiger partial charge on any atom is 0.235 e. The molecule has 2 heterocycles. The van der Waals surface area contributed by atoms with Crippen LogP contribution in [0.1, 0.15) is 63.6 Å². The van der Waals surface area contributed by atoms with Crippen LogP contribution in [0.2, 0.25) is 0 Å². The monoisotopic (exact) mass is 484 g/mol. The Hall–Kier alpha value is -3.13. The first-order valence-electron chi connectivity index (χ1n) is 11.6. The number of thioether (sulfide) groups is 1. The second-order valence-corrected chi connectivity index (χ2v) is 10.8. The van der Waals surface area contributed by atoms with Crippen molar-refractivity contribution < 1.29 is 4.79 Å². The van der Waals surface area contributed by atoms with Crippen LogP contribution in [0.4, 0.5) is 5.00 Å². The van der Waals surface area contributed by atoms with E-state index in [-0.39, 0.29) is 11.7 Å². The lowest BCUT2D eigenvalue weighted by Crippen LogP contribution is -2.15. The van der Waals surface area contributed by atoms with E-state index in [1.165, 1.54) is 33.5 Å². The van der Waals surface area contributed by atoms with E-state index < -0.39 is 0 Å². The minimum atomic E-state index is -0.178. The Balaban J connectivity index is 1.28. The number of hydrogen-bond donors (Lipinski definition) is 1. The summed E-state index contributed by atoms with van der Waals surface area (Å²) in [7, 11) is 0. The predicted molar refractivity (Wildman–Crippen MR) is 135 cm³/mol. The molecule has 2 aliphatic rings. The standard InChI is InChI=1S/C27H24N4OS2/c28-14-20-12-19-8-4-5-9-23(19)30-26(20)33-16-25(32)31-27-22(15-29)21-11-10-18(13-24(21)34-27)17-6-2-1-3-7-17/h1-3,6-7,12,18H,4-5,8-11,13,16H2,(H,31,32)/t18-/m0/s1. The van der Waals surface area contributed by atoms with Crippen molar-refractivity contribution >= 4 is 34.0 Å². The van der Waals surface area contributed by atoms with Crippen LogP contribution < -0.4 is 5.32 Å². The van der Waals surface area contributed by atoms with Gasteiger partial charge in [-0.1, -0.05) is 42.1 Å². The van der Waals surface area contributed by atoms with Crippen LogP contribution in [0.5, 0.6) is 0 Å². The molecule has 1 N–H and O–H groups in total. The number of pyridine rings is 1. The quantitative estimate of drug-likeness (QED) is 0.465. The predicted octanol–water partition coefficient (Wildman–Crippen LogP) is 5.77. The molecule has 2 aromatic heterocycles. The van der Waals surface area contributed by atoms with Crippen molar-refractivity contribution in [3.63, 3.8) is 0 Å². The van der Waals surface area contributed by atoms with E-state index in [1.807, 2.05) is 12.1 Å². The van der Waals surface area contributed by atoms with Crippen LogP contribution in [0, 0.1) is 22.7 Å². The number of aromatic nitrogens is 1. The fourth-order valence-electron chi connectivity index (χ4n) is 4.90. The average molecular weight is 485 g/mol. The van der Waals surface area contributed by atoms with Crippen molar-refractivity contribution in [3.8, 4) is 12.1 Å². The fraction of sp³-hybridized carbons (Fsp3) is 0.333. The Morgan fingerprint density at radius 3 is 2.76 bits per heavy atom. The average Bonchev–Trinajstić information content (AvgIpc) is 3.23. The van der Waals surface area contributed by atoms with Gasteiger partial charge in [-0.3, -0.25) is 4.79 Å². The number of benzene rings is 1. The first-order chi connectivity index (χ1) is 16.7. The molecule has 1 amide bonds. The van der Waals surface area contributed by atoms with E-state index in [4.69, 9.17) is 4.98 Å². The molecule has 170 valence electrons. The van der Waals surface area contributed by atoms with Gasteiger partial charge in [-0.25, -0.2) is 4.98 Å². The third-order valence-corrected chi connectivity index (χ3v) is 8.79. The molecule has 1 aromatic carbocycles. The minimum Gasteiger partial charge on any atom is -0.316 e. The molecule has 1 atom stereocenters. The zero-order chi connectivity index (χ0) is 23.5. The zero-order valence-electron chi connectivity index (χ0n) is 18.8. The molecule has 0 fully saturated rings. The maximum atomic E-state index is 12.8. The number of anilines is 1. The first kappa shape index (κ1) is 22.7. The van der Waals surface area contributed by atoms with Crippen LogP contribution in [-0.4, -0.2) is 16.6 Å². The van der Waals surface area contributed by atoms with Crippen molar-refractivity contribution in [2.24, 2.45) is 0 Å². The number of rotatable bonds is 5. The SMILES string of the molecule is N#Cc1cc2c(nc1SCC(=O)Nc1sc3c(c1C#N)CC[C@H](c1ccccc1)C3)CCCC2. The molecule has 0 bridgehead atoms. The van der Waals surface area contributed by atoms with E-state index in [0.29, 0.717) is 27.1 Å². The molecule has 0 radical (unpaired) electrons. The van der Waals surface area contributed by atoms with Crippen LogP contribution in [0.3, 0.4) is 0 Å². The highest BCUT2D eigenvalue weighted by atomic mass is 32.2. The smallest absolute Gasteiger partial charge is 0.235 e. The molecule has 5 rings (SSSR count). The Morgan fingerprint density at radius 2 is 1.97 bits per heavy atom. The topological polar surface area (TPSA) is 89.6 Å². The largest absolute Gasteiger partial charge is 0.316 e. The van der Waals surface area contributed by atoms with Crippen molar-refractivity contribution in [1.82, 2.24) is 4.98 Å². The molecular weight excluding hydrogens is 460 g/mol. The highest BCUT2D eigenvalue weighted by molar-refractivity contribution is 8.00. The van der Waals surface area contributed by atoms with Crippen LogP contribution in [0.25, 0.3) is 0 Å². The number of nitrogens with zero attached hydrogens (tertiary/aromatic N) is 3. The van der Waals surface area contributed by atoms with Crippen molar-refractivity contribution in [2.75, 3.05) is 11.1 Å². The third kappa shape index (κ3) is 4.59. The van der Waals surface area contributed by atoms with Gasteiger partial charge in [0.2, 0.25) is 5.91 Å². The second-order valence-electron chi connectivity index (χ2n) is 8.77. The van der Waals surface area contributed by atoms with Crippen molar-refractivity contribution in [2.45, 2.75) is 55.9 Å². The Labute approximate surface area is 207 Å². The van der Waals surface area contributed by atoms with E-state index in [0.717, 1.165) is 61.8 Å². The summed E-state index contributed by atoms with van der Waals surface area (Å²) in [6.45, 7) is 0. The number of carbonyl (C=O) groups excluding carboxylic acids is 1. The summed E-state index contributed by atoms with van der Waals surface area (Å²) in [4.78, 5) is 18.7. The van der Waals surface area contributed by atoms with Crippen LogP contribution in [-0.2, 0) is 30.5 Å². The number of fused-ring (bicyclic) bond motifs is 2. The molecule has 0 aliphatic heterocycles. The first-order valence-corrected chi connectivity index (χ1v) is 13.4. The van der Waals surface area contributed by atoms with Crippen LogP contribution in [0.15, 0.2) is 41.4 Å². The molecule has 3 aromatic rings. The van der Waals surface area contributed by atoms with Crippen molar-refractivity contribution in [1.29, 1.82) is 10.5 Å². The number of carbonyl (C=O) groups is 1. The van der Waals surface area contributed by atoms with E-state index in [9.17, 15) is 15.3 Å². The van der Waals surface area contributed by atoms with Crippen molar-refractivity contribution in [3.05, 3.63) is 74.8 Å². The fourth-order valence-corrected chi connectivity index (χ4v) is 6.97. The highest BCUT2D eigenvalue weighted by Crippen LogP contribution is 2.42. The molecule has 0 saturated carbocycles. The minimum absolute atomic E-state index is 0.153. The van der Waals surface area contributed by atoms with Gasteiger partial charge < -0.3 is 5.32 Å². The molecule has 0 saturated heterocycles.